The number of hydrogen-bond acceptors (Lipinski definition) is 5. The first-order valence-corrected chi connectivity index (χ1v) is 6.50. The molecule has 1 atom stereocenters. The third kappa shape index (κ3) is 3.21. The summed E-state index contributed by atoms with van der Waals surface area (Å²) in [7, 11) is 0. The molecule has 0 saturated carbocycles. The Morgan fingerprint density at radius 2 is 2.42 bits per heavy atom. The Morgan fingerprint density at radius 3 is 3.11 bits per heavy atom. The highest BCUT2D eigenvalue weighted by molar-refractivity contribution is 5.95. The monoisotopic (exact) mass is 264 g/mol. The van der Waals surface area contributed by atoms with Crippen molar-refractivity contribution >= 4 is 11.7 Å². The van der Waals surface area contributed by atoms with Gasteiger partial charge in [0.05, 0.1) is 12.7 Å². The number of carbonyl (C=O) groups excluding carboxylic acids is 1. The quantitative estimate of drug-likeness (QED) is 0.627. The van der Waals surface area contributed by atoms with Crippen LogP contribution in [0.5, 0.6) is 0 Å². The van der Waals surface area contributed by atoms with Gasteiger partial charge in [0.15, 0.2) is 0 Å². The predicted octanol–water partition coefficient (Wildman–Crippen LogP) is 0.927. The third-order valence-corrected chi connectivity index (χ3v) is 3.23. The minimum atomic E-state index is 0.00347. The van der Waals surface area contributed by atoms with Crippen molar-refractivity contribution in [3.63, 3.8) is 0 Å². The molecular formula is C13H20N4O2. The number of nitrogens with one attached hydrogen (secondary N) is 1. The highest BCUT2D eigenvalue weighted by atomic mass is 16.5. The highest BCUT2D eigenvalue weighted by Gasteiger charge is 2.24. The highest BCUT2D eigenvalue weighted by Crippen LogP contribution is 2.15. The van der Waals surface area contributed by atoms with E-state index in [4.69, 9.17) is 10.6 Å². The lowest BCUT2D eigenvalue weighted by Crippen LogP contribution is -2.45. The second-order valence-electron chi connectivity index (χ2n) is 4.68. The lowest BCUT2D eigenvalue weighted by atomic mass is 10.1. The molecular weight excluding hydrogens is 244 g/mol. The van der Waals surface area contributed by atoms with Gasteiger partial charge < -0.3 is 15.1 Å². The van der Waals surface area contributed by atoms with E-state index in [9.17, 15) is 4.79 Å². The van der Waals surface area contributed by atoms with E-state index in [1.54, 1.807) is 12.1 Å². The molecule has 0 radical (unpaired) electrons. The van der Waals surface area contributed by atoms with Crippen molar-refractivity contribution in [3.8, 4) is 0 Å². The smallest absolute Gasteiger partial charge is 0.254 e. The molecule has 1 amide bonds. The first-order chi connectivity index (χ1) is 9.13. The van der Waals surface area contributed by atoms with Crippen LogP contribution in [0.4, 0.5) is 5.82 Å². The number of nitrogens with two attached hydrogens (primary N) is 1. The van der Waals surface area contributed by atoms with Gasteiger partial charge in [0.1, 0.15) is 5.82 Å². The van der Waals surface area contributed by atoms with Crippen LogP contribution in [0.15, 0.2) is 12.1 Å². The summed E-state index contributed by atoms with van der Waals surface area (Å²) in [5.41, 5.74) is 3.85. The lowest BCUT2D eigenvalue weighted by molar-refractivity contribution is -0.0226. The van der Waals surface area contributed by atoms with E-state index in [-0.39, 0.29) is 12.0 Å². The number of morpholine rings is 1. The van der Waals surface area contributed by atoms with Gasteiger partial charge in [0, 0.05) is 24.3 Å². The van der Waals surface area contributed by atoms with Gasteiger partial charge in [-0.05, 0) is 25.5 Å². The summed E-state index contributed by atoms with van der Waals surface area (Å²) in [6, 6.07) is 3.45. The zero-order valence-electron chi connectivity index (χ0n) is 11.3. The van der Waals surface area contributed by atoms with Crippen LogP contribution in [0.3, 0.4) is 0 Å². The molecule has 0 aliphatic carbocycles. The summed E-state index contributed by atoms with van der Waals surface area (Å²) >= 11 is 0. The first-order valence-electron chi connectivity index (χ1n) is 6.50. The van der Waals surface area contributed by atoms with E-state index in [0.717, 1.165) is 12.1 Å². The zero-order valence-corrected chi connectivity index (χ0v) is 11.3. The van der Waals surface area contributed by atoms with Crippen LogP contribution in [0.2, 0.25) is 0 Å². The van der Waals surface area contributed by atoms with Gasteiger partial charge in [0.2, 0.25) is 0 Å². The molecule has 1 aliphatic rings. The average molecular weight is 264 g/mol. The van der Waals surface area contributed by atoms with Crippen LogP contribution in [-0.4, -0.2) is 41.6 Å². The van der Waals surface area contributed by atoms with Gasteiger partial charge in [-0.15, -0.1) is 0 Å². The van der Waals surface area contributed by atoms with E-state index in [1.807, 2.05) is 11.8 Å². The van der Waals surface area contributed by atoms with Gasteiger partial charge in [0.25, 0.3) is 5.91 Å². The Hall–Kier alpha value is -1.66. The summed E-state index contributed by atoms with van der Waals surface area (Å²) < 4.78 is 5.57. The number of hydrogen-bond donors (Lipinski definition) is 2. The van der Waals surface area contributed by atoms with E-state index < -0.39 is 0 Å². The molecule has 0 aromatic carbocycles. The minimum absolute atomic E-state index is 0.00347. The van der Waals surface area contributed by atoms with Gasteiger partial charge >= 0.3 is 0 Å². The number of aryl methyl sites for hydroxylation is 1. The largest absolute Gasteiger partial charge is 0.375 e. The molecule has 19 heavy (non-hydrogen) atoms. The van der Waals surface area contributed by atoms with Crippen LogP contribution >= 0.6 is 0 Å². The Labute approximate surface area is 112 Å². The van der Waals surface area contributed by atoms with Gasteiger partial charge in [-0.3, -0.25) is 4.79 Å². The summed E-state index contributed by atoms with van der Waals surface area (Å²) in [4.78, 5) is 18.5. The summed E-state index contributed by atoms with van der Waals surface area (Å²) in [5, 5.41) is 0. The molecule has 2 rings (SSSR count). The number of nitrogen functional groups attached to an aromatic ring is 1. The number of anilines is 1. The Kier molecular flexibility index (Phi) is 4.34. The second kappa shape index (κ2) is 5.99. The predicted molar refractivity (Wildman–Crippen MR) is 72.7 cm³/mol. The van der Waals surface area contributed by atoms with Crippen molar-refractivity contribution in [3.05, 3.63) is 23.4 Å². The Morgan fingerprint density at radius 1 is 1.63 bits per heavy atom. The van der Waals surface area contributed by atoms with Crippen LogP contribution in [-0.2, 0) is 4.74 Å². The number of carbonyl (C=O) groups is 1. The fraction of sp³-hybridized carbons (Fsp3) is 0.538. The molecule has 2 heterocycles. The van der Waals surface area contributed by atoms with Crippen molar-refractivity contribution in [1.29, 1.82) is 0 Å². The van der Waals surface area contributed by atoms with Crippen LogP contribution < -0.4 is 11.3 Å². The van der Waals surface area contributed by atoms with Crippen LogP contribution in [0, 0.1) is 6.92 Å². The molecule has 1 aromatic rings. The average Bonchev–Trinajstić information content (AvgIpc) is 2.45. The topological polar surface area (TPSA) is 80.5 Å². The van der Waals surface area contributed by atoms with Crippen molar-refractivity contribution in [2.75, 3.05) is 25.1 Å². The molecule has 1 aliphatic heterocycles. The molecule has 1 fully saturated rings. The fourth-order valence-corrected chi connectivity index (χ4v) is 2.20. The molecule has 1 saturated heterocycles. The summed E-state index contributed by atoms with van der Waals surface area (Å²) in [6.45, 7) is 5.76. The molecule has 6 nitrogen and oxygen atoms in total. The fourth-order valence-electron chi connectivity index (χ4n) is 2.20. The molecule has 104 valence electrons. The Balaban J connectivity index is 2.16. The Bertz CT molecular complexity index is 464. The number of ether oxygens (including phenoxy) is 1. The maximum absolute atomic E-state index is 12.5. The zero-order chi connectivity index (χ0) is 13.8. The second-order valence-corrected chi connectivity index (χ2v) is 4.68. The van der Waals surface area contributed by atoms with Crippen LogP contribution in [0.25, 0.3) is 0 Å². The van der Waals surface area contributed by atoms with Crippen molar-refractivity contribution in [1.82, 2.24) is 9.88 Å². The van der Waals surface area contributed by atoms with E-state index in [1.165, 1.54) is 0 Å². The molecule has 1 aromatic heterocycles. The summed E-state index contributed by atoms with van der Waals surface area (Å²) in [6.07, 6.45) is 1.04. The first kappa shape index (κ1) is 13.8. The van der Waals surface area contributed by atoms with E-state index in [2.05, 4.69) is 17.3 Å². The minimum Gasteiger partial charge on any atom is -0.375 e. The summed E-state index contributed by atoms with van der Waals surface area (Å²) in [5.74, 6) is 5.86. The lowest BCUT2D eigenvalue weighted by Gasteiger charge is -2.32. The molecule has 0 bridgehead atoms. The number of hydrazine groups is 1. The van der Waals surface area contributed by atoms with Gasteiger partial charge in [-0.1, -0.05) is 6.92 Å². The maximum Gasteiger partial charge on any atom is 0.254 e. The molecule has 6 heteroatoms. The molecule has 3 N–H and O–H groups in total. The molecule has 1 unspecified atom stereocenters. The number of amides is 1. The third-order valence-electron chi connectivity index (χ3n) is 3.23. The molecule has 0 spiro atoms. The maximum atomic E-state index is 12.5. The number of pyridine rings is 1. The van der Waals surface area contributed by atoms with Gasteiger partial charge in [-0.2, -0.15) is 0 Å². The van der Waals surface area contributed by atoms with Crippen molar-refractivity contribution < 1.29 is 9.53 Å². The number of aromatic nitrogens is 1. The van der Waals surface area contributed by atoms with Crippen molar-refractivity contribution in [2.45, 2.75) is 26.4 Å². The van der Waals surface area contributed by atoms with Gasteiger partial charge in [-0.25, -0.2) is 10.8 Å². The SMILES string of the molecule is CCC1CN(C(=O)c2cc(C)nc(NN)c2)CCO1. The van der Waals surface area contributed by atoms with E-state index in [0.29, 0.717) is 31.1 Å². The normalized spacial score (nSPS) is 19.3. The van der Waals surface area contributed by atoms with E-state index >= 15 is 0 Å². The number of nitrogens with zero attached hydrogens (tertiary/aromatic N) is 2. The van der Waals surface area contributed by atoms with Crippen molar-refractivity contribution in [2.24, 2.45) is 5.84 Å². The number of rotatable bonds is 3. The van der Waals surface area contributed by atoms with Crippen LogP contribution in [0.1, 0.15) is 29.4 Å². The standard InChI is InChI=1S/C13H20N4O2/c1-3-11-8-17(4-5-19-11)13(18)10-6-9(2)15-12(7-10)16-14/h6-7,11H,3-5,8,14H2,1-2H3,(H,15,16).